The zero-order valence-corrected chi connectivity index (χ0v) is 26.5. The number of amidine groups is 1. The van der Waals surface area contributed by atoms with Gasteiger partial charge in [-0.15, -0.1) is 11.3 Å². The molecule has 0 radical (unpaired) electrons. The van der Waals surface area contributed by atoms with E-state index in [-0.39, 0.29) is 35.2 Å². The molecule has 3 heterocycles. The molecule has 0 spiro atoms. The van der Waals surface area contributed by atoms with E-state index in [0.717, 1.165) is 53.9 Å². The number of nitrogens with one attached hydrogen (secondary N) is 1. The molecule has 10 nitrogen and oxygen atoms in total. The van der Waals surface area contributed by atoms with E-state index in [2.05, 4.69) is 15.3 Å². The van der Waals surface area contributed by atoms with E-state index in [9.17, 15) is 24.5 Å². The number of amides is 3. The number of thioether (sulfide) groups is 1. The number of fused-ring (bicyclic) bond motifs is 2. The van der Waals surface area contributed by atoms with Gasteiger partial charge >= 0.3 is 0 Å². The molecule has 1 aliphatic carbocycles. The summed E-state index contributed by atoms with van der Waals surface area (Å²) in [4.78, 5) is 61.4. The summed E-state index contributed by atoms with van der Waals surface area (Å²) in [6, 6.07) is 16.9. The molecule has 3 amide bonds. The molecule has 1 aromatic heterocycles. The van der Waals surface area contributed by atoms with Gasteiger partial charge in [0.2, 0.25) is 11.8 Å². The number of aromatic nitrogens is 1. The van der Waals surface area contributed by atoms with Crippen LogP contribution in [0.2, 0.25) is 5.02 Å². The zero-order valence-electron chi connectivity index (χ0n) is 23.3. The van der Waals surface area contributed by atoms with Crippen molar-refractivity contribution < 1.29 is 19.3 Å². The van der Waals surface area contributed by atoms with Crippen LogP contribution in [0.1, 0.15) is 31.2 Å². The monoisotopic (exact) mass is 675 g/mol. The number of nitro benzene ring substituents is 1. The summed E-state index contributed by atoms with van der Waals surface area (Å²) < 4.78 is 1.35. The Morgan fingerprint density at radius 1 is 1.02 bits per heavy atom. The lowest BCUT2D eigenvalue weighted by Crippen LogP contribution is -2.30. The van der Waals surface area contributed by atoms with E-state index in [4.69, 9.17) is 11.6 Å². The van der Waals surface area contributed by atoms with Gasteiger partial charge in [0.05, 0.1) is 48.2 Å². The van der Waals surface area contributed by atoms with Crippen LogP contribution in [0.15, 0.2) is 79.8 Å². The van der Waals surface area contributed by atoms with Crippen LogP contribution in [-0.2, 0) is 14.4 Å². The SMILES string of the molecule is O=C1NC(=Nc2ccc(Cl)cc2)S/C1=C\c1ccc(Sc2nc3ccc(N4C(=O)[C@H]5CCCC[C@H]5C4=O)cc3s2)c([N+](=O)[O-])c1. The largest absolute Gasteiger partial charge is 0.300 e. The number of nitrogens with zero attached hydrogens (tertiary/aromatic N) is 4. The fraction of sp³-hybridized carbons (Fsp3) is 0.194. The molecule has 3 aliphatic rings. The molecule has 2 aliphatic heterocycles. The number of rotatable bonds is 6. The number of anilines is 1. The molecule has 4 aromatic rings. The maximum absolute atomic E-state index is 13.1. The number of carbonyl (C=O) groups is 3. The maximum Gasteiger partial charge on any atom is 0.283 e. The number of aliphatic imine (C=N–C) groups is 1. The van der Waals surface area contributed by atoms with Crippen LogP contribution in [0.5, 0.6) is 0 Å². The van der Waals surface area contributed by atoms with Gasteiger partial charge in [0.15, 0.2) is 9.51 Å². The Labute approximate surface area is 274 Å². The molecule has 2 atom stereocenters. The van der Waals surface area contributed by atoms with Crippen LogP contribution >= 0.6 is 46.5 Å². The summed E-state index contributed by atoms with van der Waals surface area (Å²) in [6.07, 6.45) is 5.00. The standard InChI is InChI=1S/C31H22ClN5O5S3/c32-17-6-8-18(9-7-17)33-30-35-27(38)26(43-30)14-16-5-12-24(23(13-16)37(41)42)44-31-34-22-11-10-19(15-25(22)45-31)36-28(39)20-3-1-2-4-21(20)29(36)40/h5-15,20-21H,1-4H2,(H,33,35,38)/b26-14-/t20-,21+. The second kappa shape index (κ2) is 12.0. The first-order valence-corrected chi connectivity index (χ1v) is 16.9. The molecular weight excluding hydrogens is 654 g/mol. The number of carbonyl (C=O) groups excluding carboxylic acids is 3. The minimum absolute atomic E-state index is 0.122. The first-order chi connectivity index (χ1) is 21.7. The van der Waals surface area contributed by atoms with E-state index >= 15 is 0 Å². The minimum atomic E-state index is -0.463. The number of nitro groups is 1. The number of halogens is 1. The third-order valence-corrected chi connectivity index (χ3v) is 11.1. The molecule has 14 heteroatoms. The Morgan fingerprint density at radius 3 is 2.47 bits per heavy atom. The van der Waals surface area contributed by atoms with Crippen LogP contribution in [0, 0.1) is 22.0 Å². The van der Waals surface area contributed by atoms with E-state index < -0.39 is 4.92 Å². The first kappa shape index (κ1) is 29.7. The lowest BCUT2D eigenvalue weighted by Gasteiger charge is -2.19. The van der Waals surface area contributed by atoms with Crippen molar-refractivity contribution in [2.45, 2.75) is 34.9 Å². The molecule has 2 saturated heterocycles. The average molecular weight is 676 g/mol. The number of hydrogen-bond acceptors (Lipinski definition) is 10. The maximum atomic E-state index is 13.1. The molecule has 3 fully saturated rings. The van der Waals surface area contributed by atoms with E-state index in [1.807, 2.05) is 0 Å². The van der Waals surface area contributed by atoms with Gasteiger partial charge in [-0.25, -0.2) is 9.98 Å². The third-order valence-electron chi connectivity index (χ3n) is 7.83. The van der Waals surface area contributed by atoms with Crippen molar-refractivity contribution in [2.24, 2.45) is 16.8 Å². The average Bonchev–Trinajstić information content (AvgIpc) is 3.67. The van der Waals surface area contributed by atoms with E-state index in [1.165, 1.54) is 22.3 Å². The van der Waals surface area contributed by atoms with Crippen LogP contribution in [0.4, 0.5) is 17.1 Å². The van der Waals surface area contributed by atoms with Crippen LogP contribution in [0.3, 0.4) is 0 Å². The van der Waals surface area contributed by atoms with Gasteiger partial charge in [-0.2, -0.15) is 0 Å². The minimum Gasteiger partial charge on any atom is -0.300 e. The fourth-order valence-corrected chi connectivity index (χ4v) is 8.81. The quantitative estimate of drug-likeness (QED) is 0.0956. The van der Waals surface area contributed by atoms with Crippen molar-refractivity contribution >= 4 is 103 Å². The summed E-state index contributed by atoms with van der Waals surface area (Å²) in [5.41, 5.74) is 2.20. The summed E-state index contributed by atoms with van der Waals surface area (Å²) >= 11 is 9.56. The van der Waals surface area contributed by atoms with E-state index in [0.29, 0.717) is 46.8 Å². The van der Waals surface area contributed by atoms with Crippen LogP contribution in [-0.4, -0.2) is 32.8 Å². The Balaban J connectivity index is 1.11. The zero-order chi connectivity index (χ0) is 31.2. The summed E-state index contributed by atoms with van der Waals surface area (Å²) in [7, 11) is 0. The molecular formula is C31H22ClN5O5S3. The summed E-state index contributed by atoms with van der Waals surface area (Å²) in [5.74, 6) is -1.08. The summed E-state index contributed by atoms with van der Waals surface area (Å²) in [6.45, 7) is 0. The Hall–Kier alpha value is -4.04. The van der Waals surface area contributed by atoms with Gasteiger partial charge in [-0.05, 0) is 84.8 Å². The smallest absolute Gasteiger partial charge is 0.283 e. The van der Waals surface area contributed by atoms with Crippen molar-refractivity contribution in [1.29, 1.82) is 0 Å². The number of thiazole rings is 1. The Kier molecular flexibility index (Phi) is 7.94. The van der Waals surface area contributed by atoms with Gasteiger partial charge in [0, 0.05) is 11.1 Å². The van der Waals surface area contributed by atoms with Crippen molar-refractivity contribution in [1.82, 2.24) is 10.3 Å². The molecule has 1 saturated carbocycles. The fourth-order valence-electron chi connectivity index (χ4n) is 5.70. The molecule has 3 aromatic carbocycles. The second-order valence-electron chi connectivity index (χ2n) is 10.7. The lowest BCUT2D eigenvalue weighted by atomic mass is 9.81. The van der Waals surface area contributed by atoms with Gasteiger partial charge in [-0.3, -0.25) is 29.4 Å². The highest BCUT2D eigenvalue weighted by Crippen LogP contribution is 2.43. The Bertz CT molecular complexity index is 1950. The van der Waals surface area contributed by atoms with Gasteiger partial charge in [0.1, 0.15) is 0 Å². The van der Waals surface area contributed by atoms with Crippen LogP contribution < -0.4 is 10.2 Å². The lowest BCUT2D eigenvalue weighted by molar-refractivity contribution is -0.387. The highest BCUT2D eigenvalue weighted by Gasteiger charge is 2.48. The van der Waals surface area contributed by atoms with Crippen molar-refractivity contribution in [2.75, 3.05) is 4.90 Å². The topological polar surface area (TPSA) is 135 Å². The molecule has 45 heavy (non-hydrogen) atoms. The van der Waals surface area contributed by atoms with Gasteiger partial charge in [0.25, 0.3) is 11.6 Å². The molecule has 0 bridgehead atoms. The van der Waals surface area contributed by atoms with Gasteiger partial charge < -0.3 is 5.32 Å². The Morgan fingerprint density at radius 2 is 1.76 bits per heavy atom. The molecule has 0 unspecified atom stereocenters. The first-order valence-electron chi connectivity index (χ1n) is 14.0. The highest BCUT2D eigenvalue weighted by atomic mass is 35.5. The van der Waals surface area contributed by atoms with Crippen molar-refractivity contribution in [3.05, 3.63) is 86.3 Å². The predicted octanol–water partition coefficient (Wildman–Crippen LogP) is 7.58. The van der Waals surface area contributed by atoms with Crippen molar-refractivity contribution in [3.63, 3.8) is 0 Å². The molecule has 1 N–H and O–H groups in total. The number of benzene rings is 3. The van der Waals surface area contributed by atoms with E-state index in [1.54, 1.807) is 60.7 Å². The molecule has 7 rings (SSSR count). The second-order valence-corrected chi connectivity index (χ2v) is 14.5. The number of hydrogen-bond donors (Lipinski definition) is 1. The molecule has 226 valence electrons. The van der Waals surface area contributed by atoms with Gasteiger partial charge in [-0.1, -0.05) is 42.3 Å². The number of imide groups is 1. The predicted molar refractivity (Wildman–Crippen MR) is 177 cm³/mol. The highest BCUT2D eigenvalue weighted by molar-refractivity contribution is 8.18. The summed E-state index contributed by atoms with van der Waals surface area (Å²) in [5, 5.41) is 15.7. The normalized spacial score (nSPS) is 21.6. The van der Waals surface area contributed by atoms with Crippen molar-refractivity contribution in [3.8, 4) is 0 Å². The van der Waals surface area contributed by atoms with Crippen LogP contribution in [0.25, 0.3) is 16.3 Å². The third kappa shape index (κ3) is 5.88.